The van der Waals surface area contributed by atoms with Crippen molar-refractivity contribution >= 4 is 21.6 Å². The van der Waals surface area contributed by atoms with Gasteiger partial charge in [0, 0.05) is 19.8 Å². The van der Waals surface area contributed by atoms with Gasteiger partial charge in [0.25, 0.3) is 15.9 Å². The van der Waals surface area contributed by atoms with Gasteiger partial charge in [0.15, 0.2) is 6.61 Å². The molecule has 1 amide bonds. The molecule has 0 aromatic heterocycles. The van der Waals surface area contributed by atoms with Crippen molar-refractivity contribution in [3.05, 3.63) is 54.1 Å². The summed E-state index contributed by atoms with van der Waals surface area (Å²) in [5.74, 6) is 0.677. The lowest BCUT2D eigenvalue weighted by atomic mass is 10.0. The summed E-state index contributed by atoms with van der Waals surface area (Å²) >= 11 is 0. The van der Waals surface area contributed by atoms with Crippen LogP contribution in [0.25, 0.3) is 0 Å². The fourth-order valence-electron chi connectivity index (χ4n) is 2.14. The average Bonchev–Trinajstić information content (AvgIpc) is 2.60. The molecule has 1 N–H and O–H groups in total. The number of amides is 1. The van der Waals surface area contributed by atoms with Crippen LogP contribution in [0.2, 0.25) is 0 Å². The van der Waals surface area contributed by atoms with Gasteiger partial charge >= 0.3 is 0 Å². The van der Waals surface area contributed by atoms with Crippen LogP contribution in [-0.2, 0) is 14.8 Å². The quantitative estimate of drug-likeness (QED) is 0.806. The van der Waals surface area contributed by atoms with E-state index in [1.54, 1.807) is 50.5 Å². The zero-order chi connectivity index (χ0) is 19.3. The minimum absolute atomic E-state index is 0.0692. The minimum Gasteiger partial charge on any atom is -0.484 e. The maximum absolute atomic E-state index is 12.5. The molecule has 2 aromatic rings. The van der Waals surface area contributed by atoms with E-state index in [0.717, 1.165) is 5.56 Å². The van der Waals surface area contributed by atoms with Crippen molar-refractivity contribution in [2.75, 3.05) is 25.4 Å². The topological polar surface area (TPSA) is 75.7 Å². The predicted octanol–water partition coefficient (Wildman–Crippen LogP) is 3.08. The molecule has 0 spiro atoms. The van der Waals surface area contributed by atoms with Gasteiger partial charge in [-0.3, -0.25) is 9.52 Å². The van der Waals surface area contributed by atoms with E-state index >= 15 is 0 Å². The number of nitrogens with zero attached hydrogens (tertiary/aromatic N) is 1. The molecule has 26 heavy (non-hydrogen) atoms. The third-order valence-electron chi connectivity index (χ3n) is 3.82. The molecule has 0 heterocycles. The molecular formula is C19H24N2O4S. The zero-order valence-corrected chi connectivity index (χ0v) is 16.2. The normalized spacial score (nSPS) is 11.3. The molecule has 0 saturated heterocycles. The molecule has 0 aliphatic carbocycles. The Bertz CT molecular complexity index is 842. The summed E-state index contributed by atoms with van der Waals surface area (Å²) in [6.07, 6.45) is 0. The van der Waals surface area contributed by atoms with Crippen LogP contribution in [0.15, 0.2) is 53.4 Å². The number of hydrogen-bond donors (Lipinski definition) is 1. The Morgan fingerprint density at radius 3 is 2.12 bits per heavy atom. The number of benzene rings is 2. The maximum atomic E-state index is 12.5. The number of nitrogens with one attached hydrogen (secondary N) is 1. The van der Waals surface area contributed by atoms with Crippen molar-refractivity contribution in [3.63, 3.8) is 0 Å². The van der Waals surface area contributed by atoms with E-state index < -0.39 is 10.0 Å². The predicted molar refractivity (Wildman–Crippen MR) is 102 cm³/mol. The lowest BCUT2D eigenvalue weighted by molar-refractivity contribution is -0.130. The third kappa shape index (κ3) is 5.23. The lowest BCUT2D eigenvalue weighted by Crippen LogP contribution is -2.27. The summed E-state index contributed by atoms with van der Waals surface area (Å²) in [7, 11) is -0.357. The molecule has 0 saturated carbocycles. The number of anilines is 1. The second-order valence-corrected chi connectivity index (χ2v) is 8.11. The summed E-state index contributed by atoms with van der Waals surface area (Å²) in [4.78, 5) is 13.1. The number of hydrogen-bond acceptors (Lipinski definition) is 4. The molecule has 7 heteroatoms. The van der Waals surface area contributed by atoms with Crippen LogP contribution >= 0.6 is 0 Å². The van der Waals surface area contributed by atoms with Crippen LogP contribution in [0.5, 0.6) is 5.75 Å². The highest BCUT2D eigenvalue weighted by Gasteiger charge is 2.14. The van der Waals surface area contributed by atoms with Crippen LogP contribution in [0.1, 0.15) is 25.3 Å². The van der Waals surface area contributed by atoms with Crippen molar-refractivity contribution in [2.24, 2.45) is 0 Å². The monoisotopic (exact) mass is 376 g/mol. The molecule has 0 atom stereocenters. The highest BCUT2D eigenvalue weighted by Crippen LogP contribution is 2.21. The van der Waals surface area contributed by atoms with Gasteiger partial charge < -0.3 is 9.64 Å². The second kappa shape index (κ2) is 8.23. The first-order valence-corrected chi connectivity index (χ1v) is 9.73. The number of carbonyl (C=O) groups excluding carboxylic acids is 1. The fraction of sp³-hybridized carbons (Fsp3) is 0.316. The Kier molecular flexibility index (Phi) is 6.26. The SMILES string of the molecule is CC(C)c1ccc(S(=O)(=O)Nc2ccc(OCC(=O)N(C)C)cc2)cc1. The van der Waals surface area contributed by atoms with E-state index in [9.17, 15) is 13.2 Å². The minimum atomic E-state index is -3.66. The Hall–Kier alpha value is -2.54. The number of rotatable bonds is 7. The van der Waals surface area contributed by atoms with Crippen molar-refractivity contribution in [1.29, 1.82) is 0 Å². The van der Waals surface area contributed by atoms with Crippen molar-refractivity contribution in [2.45, 2.75) is 24.7 Å². The van der Waals surface area contributed by atoms with Gasteiger partial charge in [-0.1, -0.05) is 26.0 Å². The Labute approximate surface area is 154 Å². The van der Waals surface area contributed by atoms with E-state index in [-0.39, 0.29) is 17.4 Å². The van der Waals surface area contributed by atoms with Gasteiger partial charge in [0.1, 0.15) is 5.75 Å². The first-order valence-electron chi connectivity index (χ1n) is 8.25. The third-order valence-corrected chi connectivity index (χ3v) is 5.22. The molecule has 2 rings (SSSR count). The molecule has 6 nitrogen and oxygen atoms in total. The highest BCUT2D eigenvalue weighted by molar-refractivity contribution is 7.92. The first kappa shape index (κ1) is 19.8. The Morgan fingerprint density at radius 1 is 1.04 bits per heavy atom. The Balaban J connectivity index is 2.04. The number of sulfonamides is 1. The molecule has 0 unspecified atom stereocenters. The smallest absolute Gasteiger partial charge is 0.261 e. The second-order valence-electron chi connectivity index (χ2n) is 6.43. The van der Waals surface area contributed by atoms with Gasteiger partial charge in [-0.05, 0) is 47.9 Å². The van der Waals surface area contributed by atoms with E-state index in [0.29, 0.717) is 17.4 Å². The number of likely N-dealkylation sites (N-methyl/N-ethyl adjacent to an activating group) is 1. The summed E-state index contributed by atoms with van der Waals surface area (Å²) < 4.78 is 32.8. The van der Waals surface area contributed by atoms with E-state index in [1.165, 1.54) is 4.90 Å². The molecular weight excluding hydrogens is 352 g/mol. The largest absolute Gasteiger partial charge is 0.484 e. The molecule has 0 fully saturated rings. The summed E-state index contributed by atoms with van der Waals surface area (Å²) in [5.41, 5.74) is 1.50. The highest BCUT2D eigenvalue weighted by atomic mass is 32.2. The first-order chi connectivity index (χ1) is 12.2. The van der Waals surface area contributed by atoms with Crippen LogP contribution in [0.4, 0.5) is 5.69 Å². The van der Waals surface area contributed by atoms with E-state index in [4.69, 9.17) is 4.74 Å². The zero-order valence-electron chi connectivity index (χ0n) is 15.4. The van der Waals surface area contributed by atoms with Crippen LogP contribution in [0, 0.1) is 0 Å². The molecule has 0 radical (unpaired) electrons. The number of carbonyl (C=O) groups is 1. The van der Waals surface area contributed by atoms with Crippen LogP contribution < -0.4 is 9.46 Å². The molecule has 0 bridgehead atoms. The van der Waals surface area contributed by atoms with Crippen LogP contribution in [0.3, 0.4) is 0 Å². The summed E-state index contributed by atoms with van der Waals surface area (Å²) in [6.45, 7) is 4.04. The van der Waals surface area contributed by atoms with Gasteiger partial charge in [-0.2, -0.15) is 0 Å². The van der Waals surface area contributed by atoms with Gasteiger partial charge in [0.2, 0.25) is 0 Å². The summed E-state index contributed by atoms with van der Waals surface area (Å²) in [6, 6.07) is 13.2. The fourth-order valence-corrected chi connectivity index (χ4v) is 3.20. The van der Waals surface area contributed by atoms with Crippen LogP contribution in [-0.4, -0.2) is 39.9 Å². The van der Waals surface area contributed by atoms with Gasteiger partial charge in [-0.15, -0.1) is 0 Å². The maximum Gasteiger partial charge on any atom is 0.261 e. The molecule has 2 aromatic carbocycles. The molecule has 0 aliphatic rings. The molecule has 0 aliphatic heterocycles. The van der Waals surface area contributed by atoms with Crippen molar-refractivity contribution in [3.8, 4) is 5.75 Å². The lowest BCUT2D eigenvalue weighted by Gasteiger charge is -2.12. The molecule has 140 valence electrons. The van der Waals surface area contributed by atoms with E-state index in [1.807, 2.05) is 12.1 Å². The summed E-state index contributed by atoms with van der Waals surface area (Å²) in [5, 5.41) is 0. The van der Waals surface area contributed by atoms with Crippen molar-refractivity contribution in [1.82, 2.24) is 4.90 Å². The van der Waals surface area contributed by atoms with E-state index in [2.05, 4.69) is 18.6 Å². The number of ether oxygens (including phenoxy) is 1. The standard InChI is InChI=1S/C19H24N2O4S/c1-14(2)15-5-11-18(12-6-15)26(23,24)20-16-7-9-17(10-8-16)25-13-19(22)21(3)4/h5-12,14,20H,13H2,1-4H3. The van der Waals surface area contributed by atoms with Crippen molar-refractivity contribution < 1.29 is 17.9 Å². The average molecular weight is 376 g/mol. The van der Waals surface area contributed by atoms with Gasteiger partial charge in [-0.25, -0.2) is 8.42 Å². The Morgan fingerprint density at radius 2 is 1.62 bits per heavy atom. The van der Waals surface area contributed by atoms with Gasteiger partial charge in [0.05, 0.1) is 4.90 Å².